The number of alkyl halides is 2. The topological polar surface area (TPSA) is 89.3 Å². The van der Waals surface area contributed by atoms with Gasteiger partial charge in [0.25, 0.3) is 5.91 Å². The molecule has 3 N–H and O–H groups in total. The number of hydrogen-bond donors (Lipinski definition) is 2. The largest absolute Gasteiger partial charge is 0.348 e. The van der Waals surface area contributed by atoms with Crippen molar-refractivity contribution in [3.8, 4) is 0 Å². The molecule has 8 heteroatoms. The van der Waals surface area contributed by atoms with Crippen LogP contribution in [0.3, 0.4) is 0 Å². The maximum Gasteiger partial charge on any atom is 0.337 e. The normalized spacial score (nSPS) is 16.5. The molecule has 1 aromatic carbocycles. The summed E-state index contributed by atoms with van der Waals surface area (Å²) in [4.78, 5) is 12.0. The van der Waals surface area contributed by atoms with E-state index >= 15 is 0 Å². The molecule has 0 saturated heterocycles. The zero-order valence-electron chi connectivity index (χ0n) is 11.8. The molecule has 1 amide bonds. The SMILES string of the molecule is NCC(NC(=O)c1ccc(CS(=O)(=O)C(F)F)cc1)C1CC1. The van der Waals surface area contributed by atoms with Gasteiger partial charge in [-0.05, 0) is 36.5 Å². The number of nitrogens with two attached hydrogens (primary N) is 1. The van der Waals surface area contributed by atoms with Crippen LogP contribution in [0.15, 0.2) is 24.3 Å². The van der Waals surface area contributed by atoms with E-state index in [1.54, 1.807) is 0 Å². The number of hydrogen-bond acceptors (Lipinski definition) is 4. The second-order valence-corrected chi connectivity index (χ2v) is 7.39. The Hall–Kier alpha value is -1.54. The zero-order chi connectivity index (χ0) is 16.3. The first-order chi connectivity index (χ1) is 10.3. The number of carbonyl (C=O) groups is 1. The van der Waals surface area contributed by atoms with Gasteiger partial charge in [-0.1, -0.05) is 12.1 Å². The summed E-state index contributed by atoms with van der Waals surface area (Å²) in [5, 5.41) is 2.83. The second kappa shape index (κ2) is 6.70. The highest BCUT2D eigenvalue weighted by atomic mass is 32.2. The molecule has 22 heavy (non-hydrogen) atoms. The lowest BCUT2D eigenvalue weighted by Crippen LogP contribution is -2.41. The van der Waals surface area contributed by atoms with Gasteiger partial charge in [-0.25, -0.2) is 8.42 Å². The Bertz CT molecular complexity index is 628. The van der Waals surface area contributed by atoms with Crippen LogP contribution >= 0.6 is 0 Å². The van der Waals surface area contributed by atoms with Crippen molar-refractivity contribution in [3.63, 3.8) is 0 Å². The van der Waals surface area contributed by atoms with E-state index < -0.39 is 21.3 Å². The Kier molecular flexibility index (Phi) is 5.12. The van der Waals surface area contributed by atoms with Crippen LogP contribution in [0.4, 0.5) is 8.78 Å². The van der Waals surface area contributed by atoms with Gasteiger partial charge in [0.15, 0.2) is 0 Å². The molecule has 1 fully saturated rings. The van der Waals surface area contributed by atoms with Crippen LogP contribution in [0, 0.1) is 5.92 Å². The maximum absolute atomic E-state index is 12.3. The minimum Gasteiger partial charge on any atom is -0.348 e. The highest BCUT2D eigenvalue weighted by molar-refractivity contribution is 7.90. The molecule has 1 saturated carbocycles. The highest BCUT2D eigenvalue weighted by Crippen LogP contribution is 2.32. The molecule has 0 spiro atoms. The molecule has 0 bridgehead atoms. The molecule has 1 aromatic rings. The monoisotopic (exact) mass is 332 g/mol. The smallest absolute Gasteiger partial charge is 0.337 e. The van der Waals surface area contributed by atoms with Crippen molar-refractivity contribution in [2.45, 2.75) is 30.4 Å². The number of sulfone groups is 1. The molecule has 2 rings (SSSR count). The lowest BCUT2D eigenvalue weighted by Gasteiger charge is -2.16. The van der Waals surface area contributed by atoms with E-state index in [2.05, 4.69) is 5.32 Å². The van der Waals surface area contributed by atoms with Crippen LogP contribution in [-0.2, 0) is 15.6 Å². The average molecular weight is 332 g/mol. The van der Waals surface area contributed by atoms with Gasteiger partial charge < -0.3 is 11.1 Å². The first kappa shape index (κ1) is 16.8. The second-order valence-electron chi connectivity index (χ2n) is 5.42. The fourth-order valence-electron chi connectivity index (χ4n) is 2.17. The number of halogens is 2. The lowest BCUT2D eigenvalue weighted by molar-refractivity contribution is 0.0933. The Balaban J connectivity index is 2.00. The van der Waals surface area contributed by atoms with Crippen molar-refractivity contribution in [2.24, 2.45) is 11.7 Å². The van der Waals surface area contributed by atoms with Crippen molar-refractivity contribution in [2.75, 3.05) is 6.54 Å². The van der Waals surface area contributed by atoms with Crippen molar-refractivity contribution in [1.29, 1.82) is 0 Å². The zero-order valence-corrected chi connectivity index (χ0v) is 12.7. The van der Waals surface area contributed by atoms with E-state index in [4.69, 9.17) is 5.73 Å². The van der Waals surface area contributed by atoms with Crippen LogP contribution in [-0.4, -0.2) is 32.7 Å². The number of rotatable bonds is 7. The fourth-order valence-corrected chi connectivity index (χ4v) is 2.95. The van der Waals surface area contributed by atoms with Gasteiger partial charge >= 0.3 is 5.76 Å². The van der Waals surface area contributed by atoms with Gasteiger partial charge in [-0.3, -0.25) is 4.79 Å². The molecule has 5 nitrogen and oxygen atoms in total. The number of nitrogens with one attached hydrogen (secondary N) is 1. The van der Waals surface area contributed by atoms with Crippen LogP contribution in [0.5, 0.6) is 0 Å². The number of amides is 1. The van der Waals surface area contributed by atoms with Gasteiger partial charge in [0.05, 0.1) is 5.75 Å². The van der Waals surface area contributed by atoms with Crippen LogP contribution in [0.25, 0.3) is 0 Å². The molecule has 0 heterocycles. The van der Waals surface area contributed by atoms with Gasteiger partial charge in [-0.15, -0.1) is 0 Å². The predicted octanol–water partition coefficient (Wildman–Crippen LogP) is 1.29. The highest BCUT2D eigenvalue weighted by Gasteiger charge is 2.31. The third-order valence-electron chi connectivity index (χ3n) is 3.62. The quantitative estimate of drug-likeness (QED) is 0.787. The fraction of sp³-hybridized carbons (Fsp3) is 0.500. The summed E-state index contributed by atoms with van der Waals surface area (Å²) in [7, 11) is -4.46. The summed E-state index contributed by atoms with van der Waals surface area (Å²) in [6.07, 6.45) is 2.10. The van der Waals surface area contributed by atoms with E-state index in [0.29, 0.717) is 18.0 Å². The van der Waals surface area contributed by atoms with Crippen molar-refractivity contribution in [1.82, 2.24) is 5.32 Å². The molecule has 1 unspecified atom stereocenters. The van der Waals surface area contributed by atoms with E-state index in [-0.39, 0.29) is 17.5 Å². The minimum atomic E-state index is -4.46. The van der Waals surface area contributed by atoms with Gasteiger partial charge in [0.2, 0.25) is 9.84 Å². The van der Waals surface area contributed by atoms with Gasteiger partial charge in [0.1, 0.15) is 0 Å². The molecular weight excluding hydrogens is 314 g/mol. The molecule has 1 aliphatic carbocycles. The first-order valence-electron chi connectivity index (χ1n) is 6.93. The third kappa shape index (κ3) is 4.23. The first-order valence-corrected chi connectivity index (χ1v) is 8.64. The van der Waals surface area contributed by atoms with Crippen LogP contribution in [0.2, 0.25) is 0 Å². The van der Waals surface area contributed by atoms with Crippen molar-refractivity contribution >= 4 is 15.7 Å². The summed E-state index contributed by atoms with van der Waals surface area (Å²) in [6, 6.07) is 5.51. The Morgan fingerprint density at radius 3 is 2.32 bits per heavy atom. The third-order valence-corrected chi connectivity index (χ3v) is 4.90. The average Bonchev–Trinajstić information content (AvgIpc) is 3.29. The van der Waals surface area contributed by atoms with E-state index in [9.17, 15) is 22.0 Å². The Morgan fingerprint density at radius 1 is 1.27 bits per heavy atom. The van der Waals surface area contributed by atoms with Crippen molar-refractivity contribution < 1.29 is 22.0 Å². The Labute approximate surface area is 127 Å². The van der Waals surface area contributed by atoms with Crippen molar-refractivity contribution in [3.05, 3.63) is 35.4 Å². The summed E-state index contributed by atoms with van der Waals surface area (Å²) in [6.45, 7) is 0.362. The standard InChI is InChI=1S/C14H18F2N2O3S/c15-14(16)22(20,21)8-9-1-3-11(4-2-9)13(19)18-12(7-17)10-5-6-10/h1-4,10,12,14H,5-8,17H2,(H,18,19). The molecule has 0 aliphatic heterocycles. The summed E-state index contributed by atoms with van der Waals surface area (Å²) in [5.41, 5.74) is 6.17. The maximum atomic E-state index is 12.3. The van der Waals surface area contributed by atoms with E-state index in [1.165, 1.54) is 24.3 Å². The summed E-state index contributed by atoms with van der Waals surface area (Å²) < 4.78 is 46.9. The van der Waals surface area contributed by atoms with Gasteiger partial charge in [0, 0.05) is 18.2 Å². The molecule has 0 radical (unpaired) electrons. The van der Waals surface area contributed by atoms with Crippen LogP contribution < -0.4 is 11.1 Å². The number of carbonyl (C=O) groups excluding carboxylic acids is 1. The molecular formula is C14H18F2N2O3S. The summed E-state index contributed by atoms with van der Waals surface area (Å²) in [5.74, 6) is -4.03. The van der Waals surface area contributed by atoms with E-state index in [1.807, 2.05) is 0 Å². The van der Waals surface area contributed by atoms with E-state index in [0.717, 1.165) is 12.8 Å². The van der Waals surface area contributed by atoms with Gasteiger partial charge in [-0.2, -0.15) is 8.78 Å². The predicted molar refractivity (Wildman–Crippen MR) is 78.1 cm³/mol. The lowest BCUT2D eigenvalue weighted by atomic mass is 10.1. The molecule has 122 valence electrons. The molecule has 0 aromatic heterocycles. The number of benzene rings is 1. The summed E-state index contributed by atoms with van der Waals surface area (Å²) >= 11 is 0. The molecule has 1 aliphatic rings. The Morgan fingerprint density at radius 2 is 1.86 bits per heavy atom. The molecule has 1 atom stereocenters. The van der Waals surface area contributed by atoms with Crippen LogP contribution in [0.1, 0.15) is 28.8 Å². The minimum absolute atomic E-state index is 0.0635.